The van der Waals surface area contributed by atoms with Crippen LogP contribution in [0.1, 0.15) is 34.8 Å². The molecule has 0 saturated carbocycles. The maximum absolute atomic E-state index is 14.1. The molecule has 2 atom stereocenters. The summed E-state index contributed by atoms with van der Waals surface area (Å²) in [7, 11) is 1.45. The van der Waals surface area contributed by atoms with E-state index in [-0.39, 0.29) is 11.3 Å². The van der Waals surface area contributed by atoms with Crippen molar-refractivity contribution in [2.75, 3.05) is 12.8 Å². The lowest BCUT2D eigenvalue weighted by Gasteiger charge is -2.30. The monoisotopic (exact) mass is 450 g/mol. The van der Waals surface area contributed by atoms with Crippen LogP contribution in [0.2, 0.25) is 5.02 Å². The Morgan fingerprint density at radius 1 is 1.03 bits per heavy atom. The summed E-state index contributed by atoms with van der Waals surface area (Å²) >= 11 is 6.43. The van der Waals surface area contributed by atoms with Crippen LogP contribution in [-0.2, 0) is 4.79 Å². The number of rotatable bonds is 5. The van der Waals surface area contributed by atoms with Crippen molar-refractivity contribution >= 4 is 29.2 Å². The fourth-order valence-corrected chi connectivity index (χ4v) is 4.67. The third kappa shape index (κ3) is 3.78. The van der Waals surface area contributed by atoms with E-state index in [2.05, 4.69) is 0 Å². The minimum absolute atomic E-state index is 0.227. The van der Waals surface area contributed by atoms with Crippen molar-refractivity contribution in [3.8, 4) is 16.9 Å². The Morgan fingerprint density at radius 3 is 2.38 bits per heavy atom. The van der Waals surface area contributed by atoms with E-state index in [4.69, 9.17) is 22.1 Å². The molecular formula is C25H23ClN2O4. The van der Waals surface area contributed by atoms with Crippen LogP contribution < -0.4 is 10.5 Å². The fraction of sp³-hybridized carbons (Fsp3) is 0.200. The molecule has 0 radical (unpaired) electrons. The molecule has 0 aliphatic carbocycles. The third-order valence-electron chi connectivity index (χ3n) is 5.86. The number of methoxy groups -OCH3 is 1. The Morgan fingerprint density at radius 2 is 1.72 bits per heavy atom. The molecule has 3 N–H and O–H groups in total. The highest BCUT2D eigenvalue weighted by Crippen LogP contribution is 2.43. The Balaban J connectivity index is 1.90. The molecule has 4 rings (SSSR count). The number of hydrogen-bond donors (Lipinski definition) is 2. The van der Waals surface area contributed by atoms with Crippen LogP contribution in [0.15, 0.2) is 66.7 Å². The number of aliphatic carboxylic acids is 1. The SMILES string of the molecule is COc1c(N)ccc(-c2ccccc2)c1C(=O)N1C(C(=O)O)CCC1c1ccccc1Cl. The molecule has 7 heteroatoms. The van der Waals surface area contributed by atoms with Gasteiger partial charge in [-0.2, -0.15) is 0 Å². The van der Waals surface area contributed by atoms with Crippen molar-refractivity contribution in [1.82, 2.24) is 4.90 Å². The van der Waals surface area contributed by atoms with E-state index in [0.29, 0.717) is 29.1 Å². The third-order valence-corrected chi connectivity index (χ3v) is 6.20. The summed E-state index contributed by atoms with van der Waals surface area (Å²) in [5.41, 5.74) is 8.83. The van der Waals surface area contributed by atoms with Gasteiger partial charge < -0.3 is 20.5 Å². The largest absolute Gasteiger partial charge is 0.494 e. The van der Waals surface area contributed by atoms with Crippen LogP contribution in [0.5, 0.6) is 5.75 Å². The minimum atomic E-state index is -1.06. The standard InChI is InChI=1S/C25H23ClN2O4/c1-32-23-19(27)12-11-16(15-7-3-2-4-8-15)22(23)24(29)28-20(13-14-21(28)25(30)31)17-9-5-6-10-18(17)26/h2-12,20-21H,13-14,27H2,1H3,(H,30,31). The van der Waals surface area contributed by atoms with Crippen molar-refractivity contribution in [2.24, 2.45) is 0 Å². The lowest BCUT2D eigenvalue weighted by molar-refractivity contribution is -0.141. The van der Waals surface area contributed by atoms with Crippen molar-refractivity contribution in [1.29, 1.82) is 0 Å². The Labute approximate surface area is 191 Å². The molecule has 1 heterocycles. The fourth-order valence-electron chi connectivity index (χ4n) is 4.41. The molecular weight excluding hydrogens is 428 g/mol. The smallest absolute Gasteiger partial charge is 0.326 e. The van der Waals surface area contributed by atoms with E-state index < -0.39 is 24.0 Å². The number of carboxylic acid groups (broad SMARTS) is 1. The van der Waals surface area contributed by atoms with Crippen LogP contribution >= 0.6 is 11.6 Å². The van der Waals surface area contributed by atoms with Crippen molar-refractivity contribution < 1.29 is 19.4 Å². The molecule has 1 aliphatic heterocycles. The van der Waals surface area contributed by atoms with Gasteiger partial charge in [0.25, 0.3) is 5.91 Å². The molecule has 0 spiro atoms. The first-order chi connectivity index (χ1) is 15.4. The first-order valence-electron chi connectivity index (χ1n) is 10.3. The Kier molecular flexibility index (Phi) is 6.06. The van der Waals surface area contributed by atoms with Gasteiger partial charge in [0, 0.05) is 5.02 Å². The number of carboxylic acids is 1. The van der Waals surface area contributed by atoms with Gasteiger partial charge in [0.1, 0.15) is 6.04 Å². The van der Waals surface area contributed by atoms with Crippen molar-refractivity contribution in [3.05, 3.63) is 82.9 Å². The highest BCUT2D eigenvalue weighted by molar-refractivity contribution is 6.31. The van der Waals surface area contributed by atoms with E-state index in [9.17, 15) is 14.7 Å². The van der Waals surface area contributed by atoms with E-state index in [1.54, 1.807) is 24.3 Å². The number of ether oxygens (including phenoxy) is 1. The summed E-state index contributed by atoms with van der Waals surface area (Å²) in [6.07, 6.45) is 0.806. The Hall–Kier alpha value is -3.51. The second kappa shape index (κ2) is 8.93. The normalized spacial score (nSPS) is 17.9. The molecule has 3 aromatic rings. The second-order valence-electron chi connectivity index (χ2n) is 7.66. The van der Waals surface area contributed by atoms with Gasteiger partial charge in [-0.05, 0) is 41.7 Å². The zero-order valence-electron chi connectivity index (χ0n) is 17.5. The van der Waals surface area contributed by atoms with Gasteiger partial charge in [-0.25, -0.2) is 4.79 Å². The summed E-state index contributed by atoms with van der Waals surface area (Å²) in [4.78, 5) is 27.6. The number of carbonyl (C=O) groups excluding carboxylic acids is 1. The molecule has 6 nitrogen and oxygen atoms in total. The maximum atomic E-state index is 14.1. The molecule has 2 unspecified atom stereocenters. The summed E-state index contributed by atoms with van der Waals surface area (Å²) < 4.78 is 5.53. The van der Waals surface area contributed by atoms with E-state index in [1.807, 2.05) is 42.5 Å². The quantitative estimate of drug-likeness (QED) is 0.532. The predicted octanol–water partition coefficient (Wildman–Crippen LogP) is 5.03. The summed E-state index contributed by atoms with van der Waals surface area (Å²) in [5, 5.41) is 10.4. The predicted molar refractivity (Wildman–Crippen MR) is 124 cm³/mol. The van der Waals surface area contributed by atoms with Crippen LogP contribution in [-0.4, -0.2) is 35.0 Å². The molecule has 1 aliphatic rings. The first-order valence-corrected chi connectivity index (χ1v) is 10.6. The van der Waals surface area contributed by atoms with E-state index in [1.165, 1.54) is 12.0 Å². The lowest BCUT2D eigenvalue weighted by atomic mass is 9.96. The number of likely N-dealkylation sites (tertiary alicyclic amines) is 1. The zero-order chi connectivity index (χ0) is 22.8. The summed E-state index contributed by atoms with van der Waals surface area (Å²) in [5.74, 6) is -1.29. The summed E-state index contributed by atoms with van der Waals surface area (Å²) in [6, 6.07) is 18.6. The summed E-state index contributed by atoms with van der Waals surface area (Å²) in [6.45, 7) is 0. The Bertz CT molecular complexity index is 1170. The van der Waals surface area contributed by atoms with Gasteiger partial charge in [-0.1, -0.05) is 66.2 Å². The van der Waals surface area contributed by atoms with Crippen LogP contribution in [0.3, 0.4) is 0 Å². The van der Waals surface area contributed by atoms with Crippen LogP contribution in [0.25, 0.3) is 11.1 Å². The topological polar surface area (TPSA) is 92.9 Å². The van der Waals surface area contributed by atoms with E-state index in [0.717, 1.165) is 11.1 Å². The van der Waals surface area contributed by atoms with Crippen LogP contribution in [0, 0.1) is 0 Å². The number of nitrogen functional groups attached to an aromatic ring is 1. The minimum Gasteiger partial charge on any atom is -0.494 e. The number of carbonyl (C=O) groups is 2. The van der Waals surface area contributed by atoms with E-state index >= 15 is 0 Å². The number of nitrogens with zero attached hydrogens (tertiary/aromatic N) is 1. The van der Waals surface area contributed by atoms with Gasteiger partial charge in [0.15, 0.2) is 5.75 Å². The molecule has 0 bridgehead atoms. The molecule has 0 aromatic heterocycles. The van der Waals surface area contributed by atoms with Crippen molar-refractivity contribution in [3.63, 3.8) is 0 Å². The van der Waals surface area contributed by atoms with Crippen LogP contribution in [0.4, 0.5) is 5.69 Å². The first kappa shape index (κ1) is 21.7. The zero-order valence-corrected chi connectivity index (χ0v) is 18.3. The number of nitrogens with two attached hydrogens (primary N) is 1. The average molecular weight is 451 g/mol. The van der Waals surface area contributed by atoms with Gasteiger partial charge in [0.05, 0.1) is 24.4 Å². The van der Waals surface area contributed by atoms with Gasteiger partial charge in [-0.15, -0.1) is 0 Å². The van der Waals surface area contributed by atoms with Crippen molar-refractivity contribution in [2.45, 2.75) is 24.9 Å². The molecule has 164 valence electrons. The number of hydrogen-bond acceptors (Lipinski definition) is 4. The number of halogens is 1. The lowest BCUT2D eigenvalue weighted by Crippen LogP contribution is -2.42. The number of benzene rings is 3. The second-order valence-corrected chi connectivity index (χ2v) is 8.06. The number of amides is 1. The molecule has 1 saturated heterocycles. The molecule has 1 amide bonds. The molecule has 1 fully saturated rings. The maximum Gasteiger partial charge on any atom is 0.326 e. The molecule has 32 heavy (non-hydrogen) atoms. The van der Waals surface area contributed by atoms with Gasteiger partial charge >= 0.3 is 5.97 Å². The van der Waals surface area contributed by atoms with Gasteiger partial charge in [-0.3, -0.25) is 4.79 Å². The highest BCUT2D eigenvalue weighted by atomic mass is 35.5. The average Bonchev–Trinajstić information content (AvgIpc) is 3.24. The molecule has 3 aromatic carbocycles. The number of anilines is 1. The van der Waals surface area contributed by atoms with Gasteiger partial charge in [0.2, 0.25) is 0 Å². The highest BCUT2D eigenvalue weighted by Gasteiger charge is 2.44.